The summed E-state index contributed by atoms with van der Waals surface area (Å²) in [6, 6.07) is 19.8. The second kappa shape index (κ2) is 3.92. The van der Waals surface area contributed by atoms with E-state index in [0.717, 1.165) is 0 Å². The van der Waals surface area contributed by atoms with Crippen LogP contribution in [0.25, 0.3) is 0 Å². The zero-order valence-electron chi connectivity index (χ0n) is 11.8. The predicted octanol–water partition coefficient (Wildman–Crippen LogP) is 4.09. The van der Waals surface area contributed by atoms with E-state index in [4.69, 9.17) is 0 Å². The van der Waals surface area contributed by atoms with Crippen LogP contribution < -0.4 is 0 Å². The van der Waals surface area contributed by atoms with Gasteiger partial charge in [-0.1, -0.05) is 36.4 Å². The van der Waals surface area contributed by atoms with E-state index in [-0.39, 0.29) is 11.8 Å². The predicted molar refractivity (Wildman–Crippen MR) is 84.5 cm³/mol. The summed E-state index contributed by atoms with van der Waals surface area (Å²) in [5, 5.41) is 19.8. The van der Waals surface area contributed by atoms with Crippen LogP contribution in [-0.4, -0.2) is 10.2 Å². The molecule has 2 atom stereocenters. The minimum absolute atomic E-state index is 0.138. The van der Waals surface area contributed by atoms with Crippen molar-refractivity contribution in [3.8, 4) is 11.5 Å². The average Bonchev–Trinajstić information content (AvgIpc) is 2.54. The molecule has 2 N–H and O–H groups in total. The second-order valence-corrected chi connectivity index (χ2v) is 6.12. The van der Waals surface area contributed by atoms with Crippen molar-refractivity contribution >= 4 is 0 Å². The highest BCUT2D eigenvalue weighted by atomic mass is 16.3. The molecule has 0 saturated heterocycles. The van der Waals surface area contributed by atoms with Crippen LogP contribution >= 0.6 is 0 Å². The van der Waals surface area contributed by atoms with E-state index in [1.54, 1.807) is 12.1 Å². The van der Waals surface area contributed by atoms with Crippen LogP contribution in [0.15, 0.2) is 60.7 Å². The molecule has 3 aromatic carbocycles. The van der Waals surface area contributed by atoms with E-state index in [1.165, 1.54) is 33.4 Å². The minimum atomic E-state index is 0.138. The Morgan fingerprint density at radius 3 is 1.36 bits per heavy atom. The number of hydrogen-bond donors (Lipinski definition) is 2. The number of benzene rings is 3. The molecule has 2 bridgehead atoms. The Hall–Kier alpha value is -2.74. The molecule has 0 aliphatic heterocycles. The first-order valence-electron chi connectivity index (χ1n) is 7.48. The van der Waals surface area contributed by atoms with E-state index >= 15 is 0 Å². The van der Waals surface area contributed by atoms with Gasteiger partial charge in [-0.3, -0.25) is 0 Å². The van der Waals surface area contributed by atoms with E-state index in [9.17, 15) is 10.2 Å². The summed E-state index contributed by atoms with van der Waals surface area (Å²) < 4.78 is 0. The Morgan fingerprint density at radius 1 is 0.500 bits per heavy atom. The molecule has 0 aromatic heterocycles. The molecule has 0 unspecified atom stereocenters. The van der Waals surface area contributed by atoms with E-state index in [0.29, 0.717) is 11.5 Å². The van der Waals surface area contributed by atoms with Gasteiger partial charge in [-0.2, -0.15) is 0 Å². The molecule has 2 nitrogen and oxygen atoms in total. The molecule has 3 aromatic rings. The van der Waals surface area contributed by atoms with Gasteiger partial charge in [-0.15, -0.1) is 0 Å². The minimum Gasteiger partial charge on any atom is -0.508 e. The topological polar surface area (TPSA) is 40.5 Å². The van der Waals surface area contributed by atoms with Gasteiger partial charge in [0.25, 0.3) is 0 Å². The van der Waals surface area contributed by atoms with Gasteiger partial charge < -0.3 is 10.2 Å². The van der Waals surface area contributed by atoms with Crippen molar-refractivity contribution in [2.45, 2.75) is 11.8 Å². The van der Waals surface area contributed by atoms with Crippen LogP contribution in [0.3, 0.4) is 0 Å². The van der Waals surface area contributed by atoms with Gasteiger partial charge in [0.2, 0.25) is 0 Å². The van der Waals surface area contributed by atoms with E-state index in [2.05, 4.69) is 24.3 Å². The zero-order valence-corrected chi connectivity index (χ0v) is 11.8. The molecule has 0 amide bonds. The van der Waals surface area contributed by atoms with Gasteiger partial charge in [-0.25, -0.2) is 0 Å². The van der Waals surface area contributed by atoms with Gasteiger partial charge in [0.05, 0.1) is 0 Å². The van der Waals surface area contributed by atoms with Crippen molar-refractivity contribution < 1.29 is 10.2 Å². The summed E-state index contributed by atoms with van der Waals surface area (Å²) >= 11 is 0. The molecule has 0 radical (unpaired) electrons. The van der Waals surface area contributed by atoms with Crippen LogP contribution in [0.5, 0.6) is 11.5 Å². The fraction of sp³-hybridized carbons (Fsp3) is 0.100. The lowest BCUT2D eigenvalue weighted by molar-refractivity contribution is 0.471. The average molecular weight is 286 g/mol. The highest BCUT2D eigenvalue weighted by molar-refractivity contribution is 5.69. The highest BCUT2D eigenvalue weighted by Gasteiger charge is 2.41. The zero-order chi connectivity index (χ0) is 14.8. The summed E-state index contributed by atoms with van der Waals surface area (Å²) in [6.45, 7) is 0. The Bertz CT molecular complexity index is 850. The van der Waals surface area contributed by atoms with Crippen molar-refractivity contribution in [2.75, 3.05) is 0 Å². The smallest absolute Gasteiger partial charge is 0.115 e. The Balaban J connectivity index is 1.90. The van der Waals surface area contributed by atoms with Gasteiger partial charge in [0.1, 0.15) is 11.5 Å². The molecule has 0 heterocycles. The third-order valence-electron chi connectivity index (χ3n) is 5.00. The maximum atomic E-state index is 9.92. The molecule has 22 heavy (non-hydrogen) atoms. The summed E-state index contributed by atoms with van der Waals surface area (Å²) in [5.74, 6) is 0.894. The lowest BCUT2D eigenvalue weighted by Gasteiger charge is -2.42. The van der Waals surface area contributed by atoms with Crippen molar-refractivity contribution in [1.29, 1.82) is 0 Å². The number of hydrogen-bond acceptors (Lipinski definition) is 2. The molecule has 0 saturated carbocycles. The van der Waals surface area contributed by atoms with Gasteiger partial charge >= 0.3 is 0 Å². The fourth-order valence-electron chi connectivity index (χ4n) is 4.19. The molecule has 106 valence electrons. The number of phenols is 2. The first-order chi connectivity index (χ1) is 10.7. The normalized spacial score (nSPS) is 20.2. The van der Waals surface area contributed by atoms with Gasteiger partial charge in [-0.05, 0) is 57.6 Å². The van der Waals surface area contributed by atoms with Crippen molar-refractivity contribution in [2.24, 2.45) is 0 Å². The molecular formula is C20H14O2. The lowest BCUT2D eigenvalue weighted by atomic mass is 9.61. The quantitative estimate of drug-likeness (QED) is 0.450. The van der Waals surface area contributed by atoms with E-state index in [1.807, 2.05) is 24.3 Å². The molecule has 6 rings (SSSR count). The largest absolute Gasteiger partial charge is 0.508 e. The van der Waals surface area contributed by atoms with Crippen LogP contribution in [0, 0.1) is 0 Å². The summed E-state index contributed by atoms with van der Waals surface area (Å²) in [7, 11) is 0. The van der Waals surface area contributed by atoms with Crippen molar-refractivity contribution in [1.82, 2.24) is 0 Å². The van der Waals surface area contributed by atoms with Crippen LogP contribution in [0.4, 0.5) is 0 Å². The van der Waals surface area contributed by atoms with Gasteiger partial charge in [0.15, 0.2) is 0 Å². The highest BCUT2D eigenvalue weighted by Crippen LogP contribution is 2.56. The van der Waals surface area contributed by atoms with E-state index < -0.39 is 0 Å². The molecular weight excluding hydrogens is 272 g/mol. The molecule has 0 fully saturated rings. The summed E-state index contributed by atoms with van der Waals surface area (Å²) in [6.07, 6.45) is 0. The number of phenolic OH excluding ortho intramolecular Hbond substituents is 2. The third-order valence-corrected chi connectivity index (χ3v) is 5.00. The monoisotopic (exact) mass is 286 g/mol. The van der Waals surface area contributed by atoms with Crippen LogP contribution in [0.1, 0.15) is 45.2 Å². The maximum Gasteiger partial charge on any atom is 0.115 e. The maximum absolute atomic E-state index is 9.92. The number of aromatic hydroxyl groups is 2. The standard InChI is InChI=1S/C20H14O2/c21-11-6-8-16-17(9-11)19-13-3-1-2-4-14(13)20(16)18-10-12(22)5-7-15(18)19/h1-10,19-22H/t19-,20-/m1/s1. The first-order valence-corrected chi connectivity index (χ1v) is 7.48. The van der Waals surface area contributed by atoms with Crippen LogP contribution in [-0.2, 0) is 0 Å². The van der Waals surface area contributed by atoms with Gasteiger partial charge in [0, 0.05) is 11.8 Å². The Kier molecular flexibility index (Phi) is 2.11. The lowest BCUT2D eigenvalue weighted by Crippen LogP contribution is -2.27. The molecule has 0 spiro atoms. The SMILES string of the molecule is Oc1ccc2c(c1)[C@@H]1c3ccccc3[C@H]2c2cc(O)ccc21. The van der Waals surface area contributed by atoms with Crippen LogP contribution in [0.2, 0.25) is 0 Å². The van der Waals surface area contributed by atoms with Crippen molar-refractivity contribution in [3.63, 3.8) is 0 Å². The molecule has 2 heteroatoms. The Morgan fingerprint density at radius 2 is 0.909 bits per heavy atom. The van der Waals surface area contributed by atoms with Crippen molar-refractivity contribution in [3.05, 3.63) is 94.0 Å². The Labute approximate surface area is 128 Å². The number of rotatable bonds is 0. The summed E-state index contributed by atoms with van der Waals surface area (Å²) in [5.41, 5.74) is 7.45. The summed E-state index contributed by atoms with van der Waals surface area (Å²) in [4.78, 5) is 0. The molecule has 3 aliphatic rings. The second-order valence-electron chi connectivity index (χ2n) is 6.12. The molecule has 3 aliphatic carbocycles. The third kappa shape index (κ3) is 1.34. The first kappa shape index (κ1) is 11.9. The fourth-order valence-corrected chi connectivity index (χ4v) is 4.19.